The summed E-state index contributed by atoms with van der Waals surface area (Å²) >= 11 is 0. The molecule has 0 spiro atoms. The van der Waals surface area contributed by atoms with Crippen LogP contribution in [0.4, 0.5) is 0 Å². The van der Waals surface area contributed by atoms with Crippen LogP contribution in [0.3, 0.4) is 0 Å². The zero-order chi connectivity index (χ0) is 13.9. The molecule has 4 nitrogen and oxygen atoms in total. The average Bonchev–Trinajstić information content (AvgIpc) is 3.01. The fourth-order valence-corrected chi connectivity index (χ4v) is 2.90. The van der Waals surface area contributed by atoms with Crippen molar-refractivity contribution in [3.05, 3.63) is 47.5 Å². The maximum Gasteiger partial charge on any atom is 0.250 e. The highest BCUT2D eigenvalue weighted by Crippen LogP contribution is 2.27. The molecule has 1 aliphatic carbocycles. The molecule has 1 aromatic rings. The molecule has 3 rings (SSSR count). The van der Waals surface area contributed by atoms with E-state index in [0.717, 1.165) is 30.4 Å². The van der Waals surface area contributed by atoms with Gasteiger partial charge in [-0.25, -0.2) is 0 Å². The minimum absolute atomic E-state index is 0.0196. The van der Waals surface area contributed by atoms with Gasteiger partial charge in [0.25, 0.3) is 0 Å². The Labute approximate surface area is 118 Å². The highest BCUT2D eigenvalue weighted by molar-refractivity contribution is 5.98. The summed E-state index contributed by atoms with van der Waals surface area (Å²) in [4.78, 5) is 26.5. The third kappa shape index (κ3) is 2.33. The van der Waals surface area contributed by atoms with E-state index in [2.05, 4.69) is 5.32 Å². The Morgan fingerprint density at radius 3 is 2.75 bits per heavy atom. The van der Waals surface area contributed by atoms with Crippen LogP contribution in [0.15, 0.2) is 42.0 Å². The number of carbonyl (C=O) groups excluding carboxylic acids is 2. The molecule has 1 saturated heterocycles. The number of piperazine rings is 1. The van der Waals surface area contributed by atoms with Crippen LogP contribution in [0.1, 0.15) is 30.9 Å². The molecule has 1 aliphatic heterocycles. The van der Waals surface area contributed by atoms with Crippen LogP contribution >= 0.6 is 0 Å². The van der Waals surface area contributed by atoms with Gasteiger partial charge in [0.2, 0.25) is 11.8 Å². The van der Waals surface area contributed by atoms with E-state index in [1.807, 2.05) is 36.4 Å². The van der Waals surface area contributed by atoms with Gasteiger partial charge in [0, 0.05) is 18.7 Å². The van der Waals surface area contributed by atoms with E-state index >= 15 is 0 Å². The summed E-state index contributed by atoms with van der Waals surface area (Å²) in [7, 11) is 0. The smallest absolute Gasteiger partial charge is 0.250 e. The van der Waals surface area contributed by atoms with Crippen LogP contribution in [-0.4, -0.2) is 29.8 Å². The van der Waals surface area contributed by atoms with Crippen LogP contribution in [0.25, 0.3) is 0 Å². The fraction of sp³-hybridized carbons (Fsp3) is 0.375. The molecule has 0 radical (unpaired) electrons. The largest absolute Gasteiger partial charge is 0.352 e. The molecule has 0 bridgehead atoms. The average molecular weight is 270 g/mol. The molecule has 20 heavy (non-hydrogen) atoms. The third-order valence-corrected chi connectivity index (χ3v) is 3.90. The van der Waals surface area contributed by atoms with Crippen LogP contribution in [0.5, 0.6) is 0 Å². The van der Waals surface area contributed by atoms with Gasteiger partial charge in [-0.05, 0) is 24.8 Å². The lowest BCUT2D eigenvalue weighted by Gasteiger charge is -2.35. The molecule has 1 N–H and O–H groups in total. The normalized spacial score (nSPS) is 22.4. The molecule has 1 unspecified atom stereocenters. The Kier molecular flexibility index (Phi) is 3.54. The molecule has 0 saturated carbocycles. The Bertz CT molecular complexity index is 551. The number of benzene rings is 1. The quantitative estimate of drug-likeness (QED) is 0.891. The number of hydrogen-bond acceptors (Lipinski definition) is 2. The summed E-state index contributed by atoms with van der Waals surface area (Å²) in [6.07, 6.45) is 4.85. The minimum atomic E-state index is -0.501. The van der Waals surface area contributed by atoms with Crippen molar-refractivity contribution in [1.82, 2.24) is 10.2 Å². The van der Waals surface area contributed by atoms with Gasteiger partial charge in [-0.15, -0.1) is 0 Å². The maximum atomic E-state index is 12.6. The molecule has 1 heterocycles. The first-order valence-electron chi connectivity index (χ1n) is 7.10. The van der Waals surface area contributed by atoms with Crippen molar-refractivity contribution in [1.29, 1.82) is 0 Å². The number of nitrogens with one attached hydrogen (secondary N) is 1. The Balaban J connectivity index is 1.90. The maximum absolute atomic E-state index is 12.6. The Morgan fingerprint density at radius 2 is 2.05 bits per heavy atom. The summed E-state index contributed by atoms with van der Waals surface area (Å²) in [6.45, 7) is 1.10. The van der Waals surface area contributed by atoms with Gasteiger partial charge in [-0.1, -0.05) is 36.4 Å². The van der Waals surface area contributed by atoms with E-state index in [0.29, 0.717) is 13.1 Å². The summed E-state index contributed by atoms with van der Waals surface area (Å²) in [6, 6.07) is 9.01. The molecule has 2 amide bonds. The van der Waals surface area contributed by atoms with Crippen LogP contribution in [0, 0.1) is 0 Å². The van der Waals surface area contributed by atoms with Crippen molar-refractivity contribution >= 4 is 11.8 Å². The van der Waals surface area contributed by atoms with Crippen LogP contribution in [-0.2, 0) is 9.59 Å². The third-order valence-electron chi connectivity index (χ3n) is 3.90. The standard InChI is InChI=1S/C16H18N2O2/c19-15-14(12-6-2-1-3-7-12)18(11-10-17-15)16(20)13-8-4-5-9-13/h1-3,6-8,14H,4-5,9-11H2,(H,17,19). The number of hydrogen-bond donors (Lipinski definition) is 1. The number of nitrogens with zero attached hydrogens (tertiary/aromatic N) is 1. The van der Waals surface area contributed by atoms with E-state index in [9.17, 15) is 9.59 Å². The van der Waals surface area contributed by atoms with Gasteiger partial charge in [-0.2, -0.15) is 0 Å². The highest BCUT2D eigenvalue weighted by Gasteiger charge is 2.35. The molecule has 4 heteroatoms. The molecule has 2 aliphatic rings. The van der Waals surface area contributed by atoms with Crippen molar-refractivity contribution in [3.63, 3.8) is 0 Å². The monoisotopic (exact) mass is 270 g/mol. The van der Waals surface area contributed by atoms with Gasteiger partial charge in [0.05, 0.1) is 0 Å². The van der Waals surface area contributed by atoms with E-state index in [-0.39, 0.29) is 11.8 Å². The molecule has 0 aromatic heterocycles. The second-order valence-electron chi connectivity index (χ2n) is 5.22. The Morgan fingerprint density at radius 1 is 1.25 bits per heavy atom. The van der Waals surface area contributed by atoms with Crippen molar-refractivity contribution < 1.29 is 9.59 Å². The number of amides is 2. The first-order chi connectivity index (χ1) is 9.77. The second-order valence-corrected chi connectivity index (χ2v) is 5.22. The van der Waals surface area contributed by atoms with E-state index in [1.165, 1.54) is 0 Å². The molecule has 1 aromatic carbocycles. The molecule has 1 atom stereocenters. The summed E-state index contributed by atoms with van der Waals surface area (Å²) in [5.41, 5.74) is 1.73. The zero-order valence-corrected chi connectivity index (χ0v) is 11.3. The van der Waals surface area contributed by atoms with Crippen molar-refractivity contribution in [2.24, 2.45) is 0 Å². The lowest BCUT2D eigenvalue weighted by molar-refractivity contribution is -0.141. The molecular weight excluding hydrogens is 252 g/mol. The fourth-order valence-electron chi connectivity index (χ4n) is 2.90. The first-order valence-corrected chi connectivity index (χ1v) is 7.10. The summed E-state index contributed by atoms with van der Waals surface area (Å²) in [5, 5.41) is 2.85. The van der Waals surface area contributed by atoms with Gasteiger partial charge >= 0.3 is 0 Å². The zero-order valence-electron chi connectivity index (χ0n) is 11.3. The first kappa shape index (κ1) is 12.9. The summed E-state index contributed by atoms with van der Waals surface area (Å²) < 4.78 is 0. The van der Waals surface area contributed by atoms with Gasteiger partial charge in [0.1, 0.15) is 6.04 Å². The van der Waals surface area contributed by atoms with Crippen LogP contribution in [0.2, 0.25) is 0 Å². The van der Waals surface area contributed by atoms with Gasteiger partial charge in [-0.3, -0.25) is 9.59 Å². The number of carbonyl (C=O) groups is 2. The van der Waals surface area contributed by atoms with E-state index in [1.54, 1.807) is 4.90 Å². The predicted molar refractivity (Wildman–Crippen MR) is 75.8 cm³/mol. The number of allylic oxidation sites excluding steroid dienone is 1. The minimum Gasteiger partial charge on any atom is -0.352 e. The number of rotatable bonds is 2. The van der Waals surface area contributed by atoms with Crippen LogP contribution < -0.4 is 5.32 Å². The van der Waals surface area contributed by atoms with Crippen molar-refractivity contribution in [2.45, 2.75) is 25.3 Å². The van der Waals surface area contributed by atoms with E-state index < -0.39 is 6.04 Å². The SMILES string of the molecule is O=C1NCCN(C(=O)C2=CCCC2)C1c1ccccc1. The summed E-state index contributed by atoms with van der Waals surface area (Å²) in [5.74, 6) is -0.0689. The molecule has 1 fully saturated rings. The Hall–Kier alpha value is -2.10. The lowest BCUT2D eigenvalue weighted by Crippen LogP contribution is -2.52. The lowest BCUT2D eigenvalue weighted by atomic mass is 10.0. The second kappa shape index (κ2) is 5.49. The molecule has 104 valence electrons. The van der Waals surface area contributed by atoms with Crippen molar-refractivity contribution in [2.75, 3.05) is 13.1 Å². The highest BCUT2D eigenvalue weighted by atomic mass is 16.2. The van der Waals surface area contributed by atoms with Gasteiger partial charge in [0.15, 0.2) is 0 Å². The molecular formula is C16H18N2O2. The topological polar surface area (TPSA) is 49.4 Å². The van der Waals surface area contributed by atoms with Gasteiger partial charge < -0.3 is 10.2 Å². The van der Waals surface area contributed by atoms with E-state index in [4.69, 9.17) is 0 Å². The predicted octanol–water partition coefficient (Wildman–Crippen LogP) is 1.80. The van der Waals surface area contributed by atoms with Crippen molar-refractivity contribution in [3.8, 4) is 0 Å².